The lowest BCUT2D eigenvalue weighted by atomic mass is 9.86. The molecule has 0 aliphatic carbocycles. The van der Waals surface area contributed by atoms with Crippen LogP contribution in [0.5, 0.6) is 0 Å². The number of aryl methyl sites for hydroxylation is 1. The molecule has 22 heavy (non-hydrogen) atoms. The summed E-state index contributed by atoms with van der Waals surface area (Å²) >= 11 is 0. The first kappa shape index (κ1) is 16.5. The molecule has 120 valence electrons. The molecule has 0 radical (unpaired) electrons. The number of rotatable bonds is 6. The van der Waals surface area contributed by atoms with Gasteiger partial charge >= 0.3 is 5.97 Å². The number of ether oxygens (including phenoxy) is 1. The number of hydrogen-bond donors (Lipinski definition) is 2. The molecule has 0 amide bonds. The van der Waals surface area contributed by atoms with E-state index in [1.54, 1.807) is 0 Å². The Morgan fingerprint density at radius 1 is 1.41 bits per heavy atom. The molecule has 0 saturated carbocycles. The first-order valence-corrected chi connectivity index (χ1v) is 7.88. The highest BCUT2D eigenvalue weighted by Crippen LogP contribution is 2.30. The highest BCUT2D eigenvalue weighted by molar-refractivity contribution is 5.96. The van der Waals surface area contributed by atoms with E-state index in [1.807, 2.05) is 25.1 Å². The van der Waals surface area contributed by atoms with Gasteiger partial charge in [-0.1, -0.05) is 32.0 Å². The van der Waals surface area contributed by atoms with E-state index in [2.05, 4.69) is 23.5 Å². The minimum Gasteiger partial charge on any atom is -0.481 e. The summed E-state index contributed by atoms with van der Waals surface area (Å²) < 4.78 is 5.83. The fourth-order valence-electron chi connectivity index (χ4n) is 2.87. The molecule has 1 aliphatic heterocycles. The van der Waals surface area contributed by atoms with Crippen LogP contribution in [0.4, 0.5) is 5.69 Å². The molecule has 1 heterocycles. The van der Waals surface area contributed by atoms with E-state index >= 15 is 0 Å². The molecule has 1 aromatic rings. The molecule has 0 aromatic heterocycles. The van der Waals surface area contributed by atoms with Gasteiger partial charge in [-0.05, 0) is 37.3 Å². The van der Waals surface area contributed by atoms with Crippen molar-refractivity contribution in [3.8, 4) is 0 Å². The molecule has 1 aromatic carbocycles. The van der Waals surface area contributed by atoms with Crippen LogP contribution in [-0.4, -0.2) is 29.0 Å². The van der Waals surface area contributed by atoms with Crippen molar-refractivity contribution in [1.29, 1.82) is 0 Å². The number of carbonyl (C=O) groups is 1. The summed E-state index contributed by atoms with van der Waals surface area (Å²) in [6.45, 7) is 4.63. The SMILES string of the molecule is CCc1ccccc1NN=C1CCCOC1(CC)CC(=O)O. The summed E-state index contributed by atoms with van der Waals surface area (Å²) in [7, 11) is 0. The summed E-state index contributed by atoms with van der Waals surface area (Å²) in [5.74, 6) is -0.856. The van der Waals surface area contributed by atoms with Gasteiger partial charge in [-0.15, -0.1) is 0 Å². The van der Waals surface area contributed by atoms with Crippen LogP contribution in [0, 0.1) is 0 Å². The van der Waals surface area contributed by atoms with Gasteiger partial charge in [0.15, 0.2) is 0 Å². The van der Waals surface area contributed by atoms with E-state index in [9.17, 15) is 9.90 Å². The summed E-state index contributed by atoms with van der Waals surface area (Å²) in [4.78, 5) is 11.2. The van der Waals surface area contributed by atoms with E-state index in [-0.39, 0.29) is 6.42 Å². The molecule has 2 N–H and O–H groups in total. The molecule has 5 nitrogen and oxygen atoms in total. The third-order valence-corrected chi connectivity index (χ3v) is 4.18. The fourth-order valence-corrected chi connectivity index (χ4v) is 2.87. The Morgan fingerprint density at radius 2 is 2.18 bits per heavy atom. The monoisotopic (exact) mass is 304 g/mol. The normalized spacial score (nSPS) is 23.5. The number of para-hydroxylation sites is 1. The lowest BCUT2D eigenvalue weighted by Gasteiger charge is -2.36. The van der Waals surface area contributed by atoms with Gasteiger partial charge in [-0.2, -0.15) is 5.10 Å². The Bertz CT molecular complexity index is 557. The van der Waals surface area contributed by atoms with Crippen molar-refractivity contribution >= 4 is 17.4 Å². The van der Waals surface area contributed by atoms with Crippen molar-refractivity contribution in [1.82, 2.24) is 0 Å². The van der Waals surface area contributed by atoms with E-state index in [0.29, 0.717) is 13.0 Å². The summed E-state index contributed by atoms with van der Waals surface area (Å²) in [6.07, 6.45) is 3.12. The molecule has 1 fully saturated rings. The number of aliphatic carboxylic acids is 1. The zero-order chi connectivity index (χ0) is 16.0. The maximum absolute atomic E-state index is 11.2. The predicted octanol–water partition coefficient (Wildman–Crippen LogP) is 3.45. The summed E-state index contributed by atoms with van der Waals surface area (Å²) in [6, 6.07) is 8.01. The van der Waals surface area contributed by atoms with Crippen molar-refractivity contribution in [2.75, 3.05) is 12.0 Å². The number of benzene rings is 1. The zero-order valence-corrected chi connectivity index (χ0v) is 13.3. The third kappa shape index (κ3) is 3.65. The molecule has 1 atom stereocenters. The number of carboxylic acid groups (broad SMARTS) is 1. The molecular weight excluding hydrogens is 280 g/mol. The first-order chi connectivity index (χ1) is 10.6. The topological polar surface area (TPSA) is 70.9 Å². The zero-order valence-electron chi connectivity index (χ0n) is 13.3. The van der Waals surface area contributed by atoms with Gasteiger partial charge in [0.1, 0.15) is 5.60 Å². The van der Waals surface area contributed by atoms with Crippen LogP contribution in [0.25, 0.3) is 0 Å². The average Bonchev–Trinajstić information content (AvgIpc) is 2.53. The summed E-state index contributed by atoms with van der Waals surface area (Å²) in [5.41, 5.74) is 5.28. The largest absolute Gasteiger partial charge is 0.481 e. The highest BCUT2D eigenvalue weighted by atomic mass is 16.5. The van der Waals surface area contributed by atoms with Gasteiger partial charge < -0.3 is 9.84 Å². The van der Waals surface area contributed by atoms with Crippen LogP contribution >= 0.6 is 0 Å². The Hall–Kier alpha value is -1.88. The predicted molar refractivity (Wildman–Crippen MR) is 87.3 cm³/mol. The van der Waals surface area contributed by atoms with Gasteiger partial charge in [0.25, 0.3) is 0 Å². The van der Waals surface area contributed by atoms with E-state index in [1.165, 1.54) is 5.56 Å². The first-order valence-electron chi connectivity index (χ1n) is 7.88. The molecule has 1 aliphatic rings. The molecule has 1 saturated heterocycles. The minimum atomic E-state index is -0.856. The second-order valence-corrected chi connectivity index (χ2v) is 5.55. The van der Waals surface area contributed by atoms with E-state index < -0.39 is 11.6 Å². The van der Waals surface area contributed by atoms with Crippen molar-refractivity contribution in [2.45, 2.75) is 51.6 Å². The second-order valence-electron chi connectivity index (χ2n) is 5.55. The molecule has 1 unspecified atom stereocenters. The molecule has 5 heteroatoms. The molecule has 0 spiro atoms. The van der Waals surface area contributed by atoms with Gasteiger partial charge in [-0.25, -0.2) is 0 Å². The second kappa shape index (κ2) is 7.40. The molecule has 2 rings (SSSR count). The molecular formula is C17H24N2O3. The van der Waals surface area contributed by atoms with Crippen LogP contribution in [-0.2, 0) is 16.0 Å². The van der Waals surface area contributed by atoms with Crippen LogP contribution in [0.1, 0.15) is 45.1 Å². The maximum atomic E-state index is 11.2. The van der Waals surface area contributed by atoms with E-state index in [0.717, 1.165) is 30.7 Å². The number of hydrogen-bond acceptors (Lipinski definition) is 4. The van der Waals surface area contributed by atoms with Crippen molar-refractivity contribution < 1.29 is 14.6 Å². The van der Waals surface area contributed by atoms with Crippen molar-refractivity contribution in [2.24, 2.45) is 5.10 Å². The Balaban J connectivity index is 2.24. The smallest absolute Gasteiger partial charge is 0.306 e. The standard InChI is InChI=1S/C17H24N2O3/c1-3-13-8-5-6-9-14(13)18-19-15-10-7-11-22-17(15,4-2)12-16(20)21/h5-6,8-9,18H,3-4,7,10-12H2,1-2H3,(H,20,21). The third-order valence-electron chi connectivity index (χ3n) is 4.18. The van der Waals surface area contributed by atoms with Crippen LogP contribution in [0.15, 0.2) is 29.4 Å². The number of carboxylic acids is 1. The number of anilines is 1. The van der Waals surface area contributed by atoms with Crippen LogP contribution < -0.4 is 5.43 Å². The van der Waals surface area contributed by atoms with Crippen molar-refractivity contribution in [3.05, 3.63) is 29.8 Å². The van der Waals surface area contributed by atoms with Crippen LogP contribution in [0.2, 0.25) is 0 Å². The lowest BCUT2D eigenvalue weighted by Crippen LogP contribution is -2.46. The van der Waals surface area contributed by atoms with Gasteiger partial charge in [0, 0.05) is 6.61 Å². The van der Waals surface area contributed by atoms with Gasteiger partial charge in [-0.3, -0.25) is 10.2 Å². The number of nitrogens with zero attached hydrogens (tertiary/aromatic N) is 1. The summed E-state index contributed by atoms with van der Waals surface area (Å²) in [5, 5.41) is 13.7. The van der Waals surface area contributed by atoms with E-state index in [4.69, 9.17) is 4.74 Å². The highest BCUT2D eigenvalue weighted by Gasteiger charge is 2.40. The molecule has 0 bridgehead atoms. The number of nitrogens with one attached hydrogen (secondary N) is 1. The van der Waals surface area contributed by atoms with Crippen molar-refractivity contribution in [3.63, 3.8) is 0 Å². The fraction of sp³-hybridized carbons (Fsp3) is 0.529. The maximum Gasteiger partial charge on any atom is 0.306 e. The van der Waals surface area contributed by atoms with Crippen LogP contribution in [0.3, 0.4) is 0 Å². The average molecular weight is 304 g/mol. The van der Waals surface area contributed by atoms with Gasteiger partial charge in [0.05, 0.1) is 17.8 Å². The lowest BCUT2D eigenvalue weighted by molar-refractivity contribution is -0.143. The minimum absolute atomic E-state index is 0.0422. The Labute approximate surface area is 131 Å². The Kier molecular flexibility index (Phi) is 5.55. The van der Waals surface area contributed by atoms with Gasteiger partial charge in [0.2, 0.25) is 0 Å². The number of hydrazone groups is 1. The Morgan fingerprint density at radius 3 is 2.86 bits per heavy atom. The quantitative estimate of drug-likeness (QED) is 0.790.